The fourth-order valence-electron chi connectivity index (χ4n) is 2.94. The third-order valence-electron chi connectivity index (χ3n) is 4.54. The molecule has 1 unspecified atom stereocenters. The maximum atomic E-state index is 12.5. The number of amides is 2. The quantitative estimate of drug-likeness (QED) is 0.590. The van der Waals surface area contributed by atoms with Crippen molar-refractivity contribution in [3.63, 3.8) is 0 Å². The number of aryl methyl sites for hydroxylation is 1. The highest BCUT2D eigenvalue weighted by atomic mass is 16.2. The lowest BCUT2D eigenvalue weighted by Crippen LogP contribution is -2.42. The average molecular weight is 376 g/mol. The summed E-state index contributed by atoms with van der Waals surface area (Å²) in [6.07, 6.45) is 2.55. The first-order chi connectivity index (χ1) is 13.6. The van der Waals surface area contributed by atoms with Crippen LogP contribution < -0.4 is 16.0 Å². The van der Waals surface area contributed by atoms with E-state index in [1.165, 1.54) is 0 Å². The van der Waals surface area contributed by atoms with Gasteiger partial charge in [-0.05, 0) is 49.2 Å². The summed E-state index contributed by atoms with van der Waals surface area (Å²) in [5.41, 5.74) is 3.39. The first kappa shape index (κ1) is 19.5. The monoisotopic (exact) mass is 376 g/mol. The summed E-state index contributed by atoms with van der Waals surface area (Å²) in [5.74, 6) is -0.395. The number of carbonyl (C=O) groups excluding carboxylic acids is 2. The number of anilines is 2. The second-order valence-corrected chi connectivity index (χ2v) is 6.53. The Balaban J connectivity index is 1.56. The standard InChI is InChI=1S/C22H24N4O2/c1-3-16-8-4-5-10-18(16)25-21(27)14-24-15(2)22(28)26-20-12-6-11-19-17(20)9-7-13-23-19/h4-13,15,24H,3,14H2,1-2H3,(H,25,27)(H,26,28). The lowest BCUT2D eigenvalue weighted by Gasteiger charge is -2.15. The van der Waals surface area contributed by atoms with Crippen LogP contribution in [0.5, 0.6) is 0 Å². The summed E-state index contributed by atoms with van der Waals surface area (Å²) in [6.45, 7) is 3.81. The molecule has 0 bridgehead atoms. The first-order valence-electron chi connectivity index (χ1n) is 9.34. The molecule has 1 atom stereocenters. The van der Waals surface area contributed by atoms with Gasteiger partial charge in [-0.25, -0.2) is 0 Å². The Morgan fingerprint density at radius 1 is 0.964 bits per heavy atom. The van der Waals surface area contributed by atoms with Crippen molar-refractivity contribution in [2.45, 2.75) is 26.3 Å². The summed E-state index contributed by atoms with van der Waals surface area (Å²) in [4.78, 5) is 29.0. The summed E-state index contributed by atoms with van der Waals surface area (Å²) < 4.78 is 0. The molecular formula is C22H24N4O2. The number of rotatable bonds is 7. The van der Waals surface area contributed by atoms with Gasteiger partial charge in [-0.1, -0.05) is 31.2 Å². The van der Waals surface area contributed by atoms with Crippen LogP contribution in [0.3, 0.4) is 0 Å². The van der Waals surface area contributed by atoms with Crippen molar-refractivity contribution in [1.82, 2.24) is 10.3 Å². The highest BCUT2D eigenvalue weighted by Crippen LogP contribution is 2.21. The Bertz CT molecular complexity index is 982. The average Bonchev–Trinajstić information content (AvgIpc) is 2.72. The molecule has 2 amide bonds. The van der Waals surface area contributed by atoms with Gasteiger partial charge in [-0.2, -0.15) is 0 Å². The van der Waals surface area contributed by atoms with Crippen LogP contribution in [0.25, 0.3) is 10.9 Å². The number of nitrogens with zero attached hydrogens (tertiary/aromatic N) is 1. The van der Waals surface area contributed by atoms with Crippen molar-refractivity contribution in [3.8, 4) is 0 Å². The van der Waals surface area contributed by atoms with E-state index in [2.05, 4.69) is 20.9 Å². The molecule has 1 heterocycles. The Labute approximate surface area is 164 Å². The van der Waals surface area contributed by atoms with Crippen molar-refractivity contribution in [2.24, 2.45) is 0 Å². The van der Waals surface area contributed by atoms with Crippen molar-refractivity contribution in [2.75, 3.05) is 17.2 Å². The summed E-state index contributed by atoms with van der Waals surface area (Å²) in [6, 6.07) is 16.5. The van der Waals surface area contributed by atoms with Gasteiger partial charge in [0, 0.05) is 17.3 Å². The largest absolute Gasteiger partial charge is 0.325 e. The molecular weight excluding hydrogens is 352 g/mol. The third kappa shape index (κ3) is 4.72. The molecule has 2 aromatic carbocycles. The van der Waals surface area contributed by atoms with Crippen LogP contribution in [0.1, 0.15) is 19.4 Å². The Hall–Kier alpha value is -3.25. The van der Waals surface area contributed by atoms with Crippen molar-refractivity contribution < 1.29 is 9.59 Å². The molecule has 0 aliphatic rings. The molecule has 28 heavy (non-hydrogen) atoms. The van der Waals surface area contributed by atoms with Crippen LogP contribution in [0.2, 0.25) is 0 Å². The van der Waals surface area contributed by atoms with Crippen LogP contribution >= 0.6 is 0 Å². The molecule has 0 aliphatic heterocycles. The predicted molar refractivity (Wildman–Crippen MR) is 112 cm³/mol. The molecule has 3 rings (SSSR count). The van der Waals surface area contributed by atoms with Crippen molar-refractivity contribution in [3.05, 3.63) is 66.4 Å². The van der Waals surface area contributed by atoms with E-state index < -0.39 is 6.04 Å². The van der Waals surface area contributed by atoms with Crippen molar-refractivity contribution >= 4 is 34.1 Å². The molecule has 0 aliphatic carbocycles. The normalized spacial score (nSPS) is 11.8. The lowest BCUT2D eigenvalue weighted by atomic mass is 10.1. The maximum Gasteiger partial charge on any atom is 0.241 e. The summed E-state index contributed by atoms with van der Waals surface area (Å²) in [7, 11) is 0. The lowest BCUT2D eigenvalue weighted by molar-refractivity contribution is -0.118. The van der Waals surface area contributed by atoms with Gasteiger partial charge < -0.3 is 10.6 Å². The van der Waals surface area contributed by atoms with E-state index in [0.29, 0.717) is 5.69 Å². The highest BCUT2D eigenvalue weighted by molar-refractivity contribution is 6.03. The van der Waals surface area contributed by atoms with E-state index in [4.69, 9.17) is 0 Å². The third-order valence-corrected chi connectivity index (χ3v) is 4.54. The number of aromatic nitrogens is 1. The molecule has 0 saturated heterocycles. The number of fused-ring (bicyclic) bond motifs is 1. The fraction of sp³-hybridized carbons (Fsp3) is 0.227. The van der Waals surface area contributed by atoms with Gasteiger partial charge in [-0.15, -0.1) is 0 Å². The van der Waals surface area contributed by atoms with E-state index in [-0.39, 0.29) is 18.4 Å². The minimum absolute atomic E-state index is 0.0454. The fourth-order valence-corrected chi connectivity index (χ4v) is 2.94. The van der Waals surface area contributed by atoms with E-state index in [9.17, 15) is 9.59 Å². The van der Waals surface area contributed by atoms with Crippen LogP contribution in [-0.4, -0.2) is 29.4 Å². The van der Waals surface area contributed by atoms with Gasteiger partial charge in [-0.3, -0.25) is 19.9 Å². The maximum absolute atomic E-state index is 12.5. The summed E-state index contributed by atoms with van der Waals surface area (Å²) >= 11 is 0. The smallest absolute Gasteiger partial charge is 0.241 e. The molecule has 3 aromatic rings. The minimum atomic E-state index is -0.529. The molecule has 144 valence electrons. The SMILES string of the molecule is CCc1ccccc1NC(=O)CNC(C)C(=O)Nc1cccc2ncccc12. The Kier molecular flexibility index (Phi) is 6.34. The first-order valence-corrected chi connectivity index (χ1v) is 9.34. The Morgan fingerprint density at radius 3 is 2.57 bits per heavy atom. The topological polar surface area (TPSA) is 83.1 Å². The molecule has 0 spiro atoms. The molecule has 0 saturated carbocycles. The number of nitrogens with one attached hydrogen (secondary N) is 3. The number of hydrogen-bond acceptors (Lipinski definition) is 4. The van der Waals surface area contributed by atoms with Gasteiger partial charge in [0.05, 0.1) is 23.8 Å². The molecule has 3 N–H and O–H groups in total. The summed E-state index contributed by atoms with van der Waals surface area (Å²) in [5, 5.41) is 9.63. The minimum Gasteiger partial charge on any atom is -0.325 e. The number of hydrogen-bond donors (Lipinski definition) is 3. The van der Waals surface area contributed by atoms with E-state index >= 15 is 0 Å². The van der Waals surface area contributed by atoms with Crippen LogP contribution in [0.15, 0.2) is 60.8 Å². The number of benzene rings is 2. The second-order valence-electron chi connectivity index (χ2n) is 6.53. The van der Waals surface area contributed by atoms with E-state index in [1.807, 2.05) is 61.5 Å². The molecule has 1 aromatic heterocycles. The molecule has 0 fully saturated rings. The van der Waals surface area contributed by atoms with Gasteiger partial charge in [0.15, 0.2) is 0 Å². The molecule has 6 nitrogen and oxygen atoms in total. The van der Waals surface area contributed by atoms with E-state index in [1.54, 1.807) is 13.1 Å². The van der Waals surface area contributed by atoms with Gasteiger partial charge in [0.2, 0.25) is 11.8 Å². The zero-order valence-corrected chi connectivity index (χ0v) is 16.0. The predicted octanol–water partition coefficient (Wildman–Crippen LogP) is 3.35. The number of pyridine rings is 1. The van der Waals surface area contributed by atoms with Crippen LogP contribution in [0.4, 0.5) is 11.4 Å². The van der Waals surface area contributed by atoms with Crippen molar-refractivity contribution in [1.29, 1.82) is 0 Å². The van der Waals surface area contributed by atoms with Crippen LogP contribution in [-0.2, 0) is 16.0 Å². The number of carbonyl (C=O) groups is 2. The zero-order valence-electron chi connectivity index (χ0n) is 16.0. The second kappa shape index (κ2) is 9.10. The van der Waals surface area contributed by atoms with Crippen LogP contribution in [0, 0.1) is 0 Å². The van der Waals surface area contributed by atoms with Gasteiger partial charge in [0.1, 0.15) is 0 Å². The molecule has 0 radical (unpaired) electrons. The van der Waals surface area contributed by atoms with E-state index in [0.717, 1.165) is 28.6 Å². The zero-order chi connectivity index (χ0) is 19.9. The Morgan fingerprint density at radius 2 is 1.75 bits per heavy atom. The number of para-hydroxylation sites is 1. The van der Waals surface area contributed by atoms with Gasteiger partial charge >= 0.3 is 0 Å². The molecule has 6 heteroatoms. The highest BCUT2D eigenvalue weighted by Gasteiger charge is 2.15. The van der Waals surface area contributed by atoms with Gasteiger partial charge in [0.25, 0.3) is 0 Å².